The van der Waals surface area contributed by atoms with Gasteiger partial charge in [-0.25, -0.2) is 0 Å². The summed E-state index contributed by atoms with van der Waals surface area (Å²) in [6, 6.07) is 8.41. The Morgan fingerprint density at radius 3 is 3.00 bits per heavy atom. The Morgan fingerprint density at radius 1 is 1.40 bits per heavy atom. The molecule has 1 aromatic rings. The van der Waals surface area contributed by atoms with E-state index in [9.17, 15) is 0 Å². The number of nitrogens with zero attached hydrogens (tertiary/aromatic N) is 2. The van der Waals surface area contributed by atoms with Gasteiger partial charge in [-0.2, -0.15) is 0 Å². The van der Waals surface area contributed by atoms with E-state index in [2.05, 4.69) is 62.3 Å². The van der Waals surface area contributed by atoms with Crippen LogP contribution in [-0.2, 0) is 4.74 Å². The van der Waals surface area contributed by atoms with Crippen molar-refractivity contribution in [3.05, 3.63) is 28.7 Å². The molecule has 0 bridgehead atoms. The van der Waals surface area contributed by atoms with Gasteiger partial charge in [0.05, 0.1) is 6.61 Å². The molecule has 0 aliphatic carbocycles. The van der Waals surface area contributed by atoms with Gasteiger partial charge in [0.25, 0.3) is 0 Å². The molecule has 1 N–H and O–H groups in total. The fourth-order valence-electron chi connectivity index (χ4n) is 2.95. The lowest BCUT2D eigenvalue weighted by molar-refractivity contribution is 0.114. The lowest BCUT2D eigenvalue weighted by Crippen LogP contribution is -2.40. The van der Waals surface area contributed by atoms with Gasteiger partial charge in [0.2, 0.25) is 0 Å². The van der Waals surface area contributed by atoms with Crippen LogP contribution < -0.4 is 5.32 Å². The second kappa shape index (κ2) is 11.8. The molecule has 0 spiro atoms. The standard InChI is InChI=1S/C19H30BrN3OS/c1-3-24-15-16-10-12-23(14-16)19(21-2)22-11-6-7-13-25-18-9-5-4-8-17(18)20/h4-5,8-9,16H,3,6-7,10-15H2,1-2H3,(H,21,22). The molecular weight excluding hydrogens is 398 g/mol. The van der Waals surface area contributed by atoms with Crippen LogP contribution in [0.25, 0.3) is 0 Å². The first-order chi connectivity index (χ1) is 12.2. The molecule has 6 heteroatoms. The quantitative estimate of drug-likeness (QED) is 0.276. The zero-order valence-electron chi connectivity index (χ0n) is 15.3. The third-order valence-electron chi connectivity index (χ3n) is 4.30. The molecule has 1 heterocycles. The minimum atomic E-state index is 0.638. The number of nitrogens with one attached hydrogen (secondary N) is 1. The smallest absolute Gasteiger partial charge is 0.193 e. The fraction of sp³-hybridized carbons (Fsp3) is 0.632. The molecule has 1 fully saturated rings. The first-order valence-electron chi connectivity index (χ1n) is 9.15. The van der Waals surface area contributed by atoms with E-state index in [0.717, 1.165) is 51.0 Å². The minimum Gasteiger partial charge on any atom is -0.381 e. The molecule has 1 aliphatic rings. The third kappa shape index (κ3) is 7.19. The maximum atomic E-state index is 5.56. The summed E-state index contributed by atoms with van der Waals surface area (Å²) in [5.41, 5.74) is 0. The topological polar surface area (TPSA) is 36.9 Å². The van der Waals surface area contributed by atoms with Gasteiger partial charge in [0.1, 0.15) is 0 Å². The summed E-state index contributed by atoms with van der Waals surface area (Å²) >= 11 is 5.52. The van der Waals surface area contributed by atoms with Crippen LogP contribution in [0.15, 0.2) is 38.6 Å². The second-order valence-corrected chi connectivity index (χ2v) is 8.21. The van der Waals surface area contributed by atoms with Crippen molar-refractivity contribution in [2.45, 2.75) is 31.1 Å². The number of halogens is 1. The van der Waals surface area contributed by atoms with Crippen molar-refractivity contribution in [3.63, 3.8) is 0 Å². The van der Waals surface area contributed by atoms with Crippen molar-refractivity contribution >= 4 is 33.7 Å². The van der Waals surface area contributed by atoms with E-state index >= 15 is 0 Å². The Morgan fingerprint density at radius 2 is 2.24 bits per heavy atom. The highest BCUT2D eigenvalue weighted by atomic mass is 79.9. The number of thioether (sulfide) groups is 1. The highest BCUT2D eigenvalue weighted by Crippen LogP contribution is 2.27. The number of hydrogen-bond acceptors (Lipinski definition) is 3. The van der Waals surface area contributed by atoms with Crippen LogP contribution in [0.5, 0.6) is 0 Å². The zero-order chi connectivity index (χ0) is 17.9. The van der Waals surface area contributed by atoms with Gasteiger partial charge in [-0.3, -0.25) is 4.99 Å². The summed E-state index contributed by atoms with van der Waals surface area (Å²) in [6.07, 6.45) is 3.55. The van der Waals surface area contributed by atoms with Crippen LogP contribution in [0.1, 0.15) is 26.2 Å². The Hall–Kier alpha value is -0.720. The number of likely N-dealkylation sites (tertiary alicyclic amines) is 1. The first-order valence-corrected chi connectivity index (χ1v) is 10.9. The number of aliphatic imine (C=N–C) groups is 1. The molecule has 0 radical (unpaired) electrons. The van der Waals surface area contributed by atoms with E-state index in [4.69, 9.17) is 4.74 Å². The Balaban J connectivity index is 1.59. The lowest BCUT2D eigenvalue weighted by atomic mass is 10.1. The number of benzene rings is 1. The monoisotopic (exact) mass is 427 g/mol. The molecule has 0 saturated carbocycles. The van der Waals surface area contributed by atoms with Crippen LogP contribution in [-0.4, -0.2) is 56.5 Å². The molecular formula is C19H30BrN3OS. The van der Waals surface area contributed by atoms with Gasteiger partial charge in [-0.05, 0) is 60.0 Å². The predicted octanol–water partition coefficient (Wildman–Crippen LogP) is 4.26. The molecule has 1 aliphatic heterocycles. The second-order valence-electron chi connectivity index (χ2n) is 6.22. The van der Waals surface area contributed by atoms with Crippen molar-refractivity contribution in [2.24, 2.45) is 10.9 Å². The zero-order valence-corrected chi connectivity index (χ0v) is 17.7. The molecule has 140 valence electrons. The number of unbranched alkanes of at least 4 members (excludes halogenated alkanes) is 1. The van der Waals surface area contributed by atoms with E-state index in [-0.39, 0.29) is 0 Å². The van der Waals surface area contributed by atoms with E-state index in [0.29, 0.717) is 5.92 Å². The molecule has 1 saturated heterocycles. The van der Waals surface area contributed by atoms with Crippen LogP contribution in [0.2, 0.25) is 0 Å². The van der Waals surface area contributed by atoms with Gasteiger partial charge in [-0.1, -0.05) is 12.1 Å². The van der Waals surface area contributed by atoms with E-state index < -0.39 is 0 Å². The van der Waals surface area contributed by atoms with E-state index in [1.54, 1.807) is 0 Å². The van der Waals surface area contributed by atoms with Gasteiger partial charge in [-0.15, -0.1) is 11.8 Å². The largest absolute Gasteiger partial charge is 0.381 e. The number of guanidine groups is 1. The lowest BCUT2D eigenvalue weighted by Gasteiger charge is -2.21. The molecule has 1 atom stereocenters. The number of rotatable bonds is 9. The molecule has 4 nitrogen and oxygen atoms in total. The molecule has 1 aromatic carbocycles. The summed E-state index contributed by atoms with van der Waals surface area (Å²) < 4.78 is 6.75. The van der Waals surface area contributed by atoms with Gasteiger partial charge < -0.3 is 15.0 Å². The highest BCUT2D eigenvalue weighted by molar-refractivity contribution is 9.10. The molecule has 25 heavy (non-hydrogen) atoms. The minimum absolute atomic E-state index is 0.638. The fourth-order valence-corrected chi connectivity index (χ4v) is 4.53. The summed E-state index contributed by atoms with van der Waals surface area (Å²) in [5, 5.41) is 3.51. The summed E-state index contributed by atoms with van der Waals surface area (Å²) in [6.45, 7) is 6.85. The Labute approximate surface area is 164 Å². The molecule has 0 aromatic heterocycles. The number of ether oxygens (including phenoxy) is 1. The maximum absolute atomic E-state index is 5.56. The SMILES string of the molecule is CCOCC1CCN(C(=NC)NCCCCSc2ccccc2Br)C1. The van der Waals surface area contributed by atoms with Crippen molar-refractivity contribution in [2.75, 3.05) is 45.6 Å². The van der Waals surface area contributed by atoms with Gasteiger partial charge in [0, 0.05) is 48.6 Å². The molecule has 1 unspecified atom stereocenters. The predicted molar refractivity (Wildman–Crippen MR) is 112 cm³/mol. The van der Waals surface area contributed by atoms with E-state index in [1.807, 2.05) is 18.8 Å². The van der Waals surface area contributed by atoms with Crippen LogP contribution in [0.3, 0.4) is 0 Å². The van der Waals surface area contributed by atoms with Crippen molar-refractivity contribution in [3.8, 4) is 0 Å². The van der Waals surface area contributed by atoms with Gasteiger partial charge in [0.15, 0.2) is 5.96 Å². The van der Waals surface area contributed by atoms with Crippen LogP contribution >= 0.6 is 27.7 Å². The average Bonchev–Trinajstić information content (AvgIpc) is 3.09. The maximum Gasteiger partial charge on any atom is 0.193 e. The first kappa shape index (κ1) is 20.6. The Kier molecular flexibility index (Phi) is 9.73. The highest BCUT2D eigenvalue weighted by Gasteiger charge is 2.24. The summed E-state index contributed by atoms with van der Waals surface area (Å²) in [5.74, 6) is 2.82. The van der Waals surface area contributed by atoms with Gasteiger partial charge >= 0.3 is 0 Å². The van der Waals surface area contributed by atoms with Crippen molar-refractivity contribution in [1.29, 1.82) is 0 Å². The van der Waals surface area contributed by atoms with Crippen molar-refractivity contribution < 1.29 is 4.74 Å². The average molecular weight is 428 g/mol. The summed E-state index contributed by atoms with van der Waals surface area (Å²) in [7, 11) is 1.88. The van der Waals surface area contributed by atoms with Crippen LogP contribution in [0.4, 0.5) is 0 Å². The molecule has 2 rings (SSSR count). The Bertz CT molecular complexity index is 541. The third-order valence-corrected chi connectivity index (χ3v) is 6.42. The van der Waals surface area contributed by atoms with E-state index in [1.165, 1.54) is 22.2 Å². The van der Waals surface area contributed by atoms with Crippen molar-refractivity contribution in [1.82, 2.24) is 10.2 Å². The number of hydrogen-bond donors (Lipinski definition) is 1. The van der Waals surface area contributed by atoms with Crippen LogP contribution in [0, 0.1) is 5.92 Å². The normalized spacial score (nSPS) is 18.0. The molecule has 0 amide bonds. The summed E-state index contributed by atoms with van der Waals surface area (Å²) in [4.78, 5) is 8.12.